The fourth-order valence-electron chi connectivity index (χ4n) is 3.20. The second-order valence-electron chi connectivity index (χ2n) is 8.03. The molecule has 1 fully saturated rings. The third-order valence-electron chi connectivity index (χ3n) is 4.61. The molecule has 1 aliphatic heterocycles. The molecule has 1 saturated heterocycles. The molecule has 0 aliphatic carbocycles. The molecule has 0 radical (unpaired) electrons. The molecule has 1 atom stereocenters. The van der Waals surface area contributed by atoms with E-state index in [2.05, 4.69) is 52.1 Å². The van der Waals surface area contributed by atoms with E-state index in [9.17, 15) is 4.79 Å². The average Bonchev–Trinajstić information content (AvgIpc) is 3.00. The van der Waals surface area contributed by atoms with Gasteiger partial charge in [0.15, 0.2) is 0 Å². The lowest BCUT2D eigenvalue weighted by molar-refractivity contribution is 0.0706. The van der Waals surface area contributed by atoms with Crippen LogP contribution in [0.2, 0.25) is 0 Å². The van der Waals surface area contributed by atoms with E-state index in [0.29, 0.717) is 11.6 Å². The molecule has 0 spiro atoms. The van der Waals surface area contributed by atoms with Crippen molar-refractivity contribution in [2.24, 2.45) is 0 Å². The summed E-state index contributed by atoms with van der Waals surface area (Å²) in [5.41, 5.74) is 3.55. The number of nitrogens with zero attached hydrogens (tertiary/aromatic N) is 3. The Morgan fingerprint density at radius 1 is 1.24 bits per heavy atom. The van der Waals surface area contributed by atoms with Gasteiger partial charge in [-0.25, -0.2) is 4.68 Å². The van der Waals surface area contributed by atoms with Crippen LogP contribution in [0, 0.1) is 6.92 Å². The first-order valence-corrected chi connectivity index (χ1v) is 8.95. The van der Waals surface area contributed by atoms with Crippen molar-refractivity contribution in [2.45, 2.75) is 46.1 Å². The van der Waals surface area contributed by atoms with Gasteiger partial charge in [-0.05, 0) is 26.0 Å². The predicted octanol–water partition coefficient (Wildman–Crippen LogP) is 2.91. The second kappa shape index (κ2) is 6.64. The van der Waals surface area contributed by atoms with Crippen molar-refractivity contribution < 1.29 is 4.79 Å². The van der Waals surface area contributed by atoms with Crippen molar-refractivity contribution in [3.05, 3.63) is 47.3 Å². The smallest absolute Gasteiger partial charge is 0.257 e. The lowest BCUT2D eigenvalue weighted by Gasteiger charge is -2.32. The summed E-state index contributed by atoms with van der Waals surface area (Å²) in [5.74, 6) is 0.0802. The zero-order chi connectivity index (χ0) is 18.2. The maximum Gasteiger partial charge on any atom is 0.257 e. The summed E-state index contributed by atoms with van der Waals surface area (Å²) in [6.07, 6.45) is 1.89. The highest BCUT2D eigenvalue weighted by Gasteiger charge is 2.30. The van der Waals surface area contributed by atoms with Gasteiger partial charge in [-0.2, -0.15) is 5.10 Å². The normalized spacial score (nSPS) is 18.4. The minimum absolute atomic E-state index is 0.0802. The molecule has 134 valence electrons. The zero-order valence-electron chi connectivity index (χ0n) is 15.8. The topological polar surface area (TPSA) is 50.2 Å². The van der Waals surface area contributed by atoms with E-state index in [-0.39, 0.29) is 11.3 Å². The highest BCUT2D eigenvalue weighted by atomic mass is 16.2. The number of nitrogens with one attached hydrogen (secondary N) is 1. The third-order valence-corrected chi connectivity index (χ3v) is 4.61. The van der Waals surface area contributed by atoms with E-state index in [0.717, 1.165) is 31.0 Å². The van der Waals surface area contributed by atoms with Crippen LogP contribution in [0.3, 0.4) is 0 Å². The zero-order valence-corrected chi connectivity index (χ0v) is 15.8. The minimum Gasteiger partial charge on any atom is -0.336 e. The largest absolute Gasteiger partial charge is 0.336 e. The predicted molar refractivity (Wildman–Crippen MR) is 100 cm³/mol. The summed E-state index contributed by atoms with van der Waals surface area (Å²) < 4.78 is 1.83. The van der Waals surface area contributed by atoms with Gasteiger partial charge >= 0.3 is 0 Å². The van der Waals surface area contributed by atoms with E-state index < -0.39 is 0 Å². The third kappa shape index (κ3) is 3.76. The monoisotopic (exact) mass is 340 g/mol. The lowest BCUT2D eigenvalue weighted by atomic mass is 9.89. The summed E-state index contributed by atoms with van der Waals surface area (Å²) in [4.78, 5) is 15.1. The highest BCUT2D eigenvalue weighted by Crippen LogP contribution is 2.27. The second-order valence-corrected chi connectivity index (χ2v) is 8.03. The van der Waals surface area contributed by atoms with Gasteiger partial charge in [0.05, 0.1) is 16.9 Å². The van der Waals surface area contributed by atoms with Crippen LogP contribution in [0.4, 0.5) is 0 Å². The van der Waals surface area contributed by atoms with Crippen LogP contribution >= 0.6 is 0 Å². The van der Waals surface area contributed by atoms with E-state index in [1.54, 1.807) is 0 Å². The first-order valence-electron chi connectivity index (χ1n) is 8.95. The summed E-state index contributed by atoms with van der Waals surface area (Å²) in [6, 6.07) is 8.52. The Balaban J connectivity index is 1.99. The van der Waals surface area contributed by atoms with Crippen molar-refractivity contribution in [3.63, 3.8) is 0 Å². The molecular formula is C20H28N4O. The van der Waals surface area contributed by atoms with Crippen LogP contribution in [0.15, 0.2) is 30.5 Å². The van der Waals surface area contributed by atoms with E-state index in [1.807, 2.05) is 27.9 Å². The van der Waals surface area contributed by atoms with Crippen LogP contribution in [0.25, 0.3) is 5.69 Å². The number of hydrogen-bond acceptors (Lipinski definition) is 3. The Labute approximate surface area is 150 Å². The molecule has 1 aliphatic rings. The number of rotatable bonds is 2. The molecule has 0 bridgehead atoms. The lowest BCUT2D eigenvalue weighted by Crippen LogP contribution is -2.51. The number of piperazine rings is 1. The molecule has 3 rings (SSSR count). The molecule has 25 heavy (non-hydrogen) atoms. The van der Waals surface area contributed by atoms with Crippen LogP contribution < -0.4 is 5.32 Å². The number of aromatic nitrogens is 2. The fraction of sp³-hybridized carbons (Fsp3) is 0.500. The summed E-state index contributed by atoms with van der Waals surface area (Å²) in [7, 11) is 0. The number of benzene rings is 1. The number of aryl methyl sites for hydroxylation is 1. The molecule has 5 nitrogen and oxygen atoms in total. The molecule has 2 aromatic rings. The number of carbonyl (C=O) groups excluding carboxylic acids is 1. The fourth-order valence-corrected chi connectivity index (χ4v) is 3.20. The van der Waals surface area contributed by atoms with Gasteiger partial charge in [0.25, 0.3) is 5.91 Å². The highest BCUT2D eigenvalue weighted by molar-refractivity contribution is 5.95. The summed E-state index contributed by atoms with van der Waals surface area (Å²) in [5, 5.41) is 8.15. The van der Waals surface area contributed by atoms with Gasteiger partial charge in [-0.3, -0.25) is 4.79 Å². The summed E-state index contributed by atoms with van der Waals surface area (Å²) >= 11 is 0. The van der Waals surface area contributed by atoms with Gasteiger partial charge in [0.1, 0.15) is 0 Å². The molecule has 1 aromatic heterocycles. The van der Waals surface area contributed by atoms with Gasteiger partial charge in [0, 0.05) is 37.3 Å². The standard InChI is InChI=1S/C20H28N4O/c1-14-6-8-16(9-7-14)24-13-17(18(22-24)20(3,4)5)19(25)23-11-10-21-15(2)12-23/h6-9,13,15,21H,10-12H2,1-5H3. The van der Waals surface area contributed by atoms with Crippen molar-refractivity contribution in [3.8, 4) is 5.69 Å². The molecule has 1 N–H and O–H groups in total. The van der Waals surface area contributed by atoms with E-state index in [1.165, 1.54) is 5.56 Å². The van der Waals surface area contributed by atoms with Gasteiger partial charge < -0.3 is 10.2 Å². The van der Waals surface area contributed by atoms with Gasteiger partial charge in [-0.15, -0.1) is 0 Å². The van der Waals surface area contributed by atoms with Crippen LogP contribution in [-0.2, 0) is 5.41 Å². The quantitative estimate of drug-likeness (QED) is 0.914. The van der Waals surface area contributed by atoms with Crippen molar-refractivity contribution in [1.82, 2.24) is 20.0 Å². The van der Waals surface area contributed by atoms with Gasteiger partial charge in [0.2, 0.25) is 0 Å². The molecule has 1 aromatic carbocycles. The van der Waals surface area contributed by atoms with Crippen LogP contribution in [0.1, 0.15) is 49.3 Å². The first kappa shape index (κ1) is 17.7. The molecule has 0 saturated carbocycles. The first-order chi connectivity index (χ1) is 11.8. The van der Waals surface area contributed by atoms with E-state index in [4.69, 9.17) is 5.10 Å². The Morgan fingerprint density at radius 3 is 2.52 bits per heavy atom. The maximum absolute atomic E-state index is 13.2. The minimum atomic E-state index is -0.194. The Morgan fingerprint density at radius 2 is 1.92 bits per heavy atom. The number of amides is 1. The van der Waals surface area contributed by atoms with Crippen LogP contribution in [-0.4, -0.2) is 46.3 Å². The summed E-state index contributed by atoms with van der Waals surface area (Å²) in [6.45, 7) is 12.8. The molecule has 2 heterocycles. The Bertz CT molecular complexity index is 755. The molecule has 1 unspecified atom stereocenters. The Hall–Kier alpha value is -2.14. The van der Waals surface area contributed by atoms with Crippen molar-refractivity contribution in [2.75, 3.05) is 19.6 Å². The molecular weight excluding hydrogens is 312 g/mol. The molecule has 1 amide bonds. The molecule has 5 heteroatoms. The average molecular weight is 340 g/mol. The number of hydrogen-bond donors (Lipinski definition) is 1. The van der Waals surface area contributed by atoms with Gasteiger partial charge in [-0.1, -0.05) is 38.5 Å². The van der Waals surface area contributed by atoms with Crippen LogP contribution in [0.5, 0.6) is 0 Å². The van der Waals surface area contributed by atoms with E-state index >= 15 is 0 Å². The Kier molecular flexibility index (Phi) is 4.69. The SMILES string of the molecule is Cc1ccc(-n2cc(C(=O)N3CCNC(C)C3)c(C(C)(C)C)n2)cc1. The number of carbonyl (C=O) groups is 1. The van der Waals surface area contributed by atoms with Crippen molar-refractivity contribution >= 4 is 5.91 Å². The van der Waals surface area contributed by atoms with Crippen molar-refractivity contribution in [1.29, 1.82) is 0 Å². The maximum atomic E-state index is 13.2.